The van der Waals surface area contributed by atoms with Gasteiger partial charge in [-0.15, -0.1) is 10.2 Å². The fraction of sp³-hybridized carbons (Fsp3) is 0.118. The minimum absolute atomic E-state index is 0.277. The largest absolute Gasteiger partial charge is 0.478 e. The molecule has 0 saturated carbocycles. The Morgan fingerprint density at radius 1 is 1.23 bits per heavy atom. The number of carbonyl (C=O) groups is 1. The molecule has 26 heavy (non-hydrogen) atoms. The van der Waals surface area contributed by atoms with E-state index < -0.39 is 17.3 Å². The van der Waals surface area contributed by atoms with Crippen molar-refractivity contribution >= 4 is 17.0 Å². The number of carboxylic acid groups (broad SMARTS) is 1. The van der Waals surface area contributed by atoms with E-state index in [2.05, 4.69) is 20.3 Å². The molecule has 0 unspecified atom stereocenters. The Bertz CT molecular complexity index is 1130. The van der Waals surface area contributed by atoms with Crippen LogP contribution in [0.5, 0.6) is 0 Å². The number of aromatic carboxylic acids is 1. The monoisotopic (exact) mass is 353 g/mol. The van der Waals surface area contributed by atoms with Crippen LogP contribution in [0.25, 0.3) is 22.2 Å². The maximum absolute atomic E-state index is 13.6. The first-order chi connectivity index (χ1) is 12.5. The summed E-state index contributed by atoms with van der Waals surface area (Å²) >= 11 is 0. The molecule has 3 heterocycles. The van der Waals surface area contributed by atoms with Crippen LogP contribution < -0.4 is 0 Å². The number of pyridine rings is 1. The van der Waals surface area contributed by atoms with Crippen LogP contribution in [0.1, 0.15) is 22.1 Å². The van der Waals surface area contributed by atoms with Crippen molar-refractivity contribution in [1.82, 2.24) is 25.0 Å². The second-order valence-electron chi connectivity index (χ2n) is 5.65. The molecule has 1 N–H and O–H groups in total. The molecule has 0 saturated heterocycles. The summed E-state index contributed by atoms with van der Waals surface area (Å²) in [5.41, 5.74) is 2.16. The summed E-state index contributed by atoms with van der Waals surface area (Å²) in [6.45, 7) is 1.98. The standard InChI is InChI=1S/C17H12FN5O3/c1-9-21-22-16(26-9)8-23-15-5-11(6-19-14(15)7-20-23)10-2-3-13(18)12(4-10)17(24)25/h2-7H,8H2,1H3,(H,24,25). The van der Waals surface area contributed by atoms with E-state index in [9.17, 15) is 9.18 Å². The molecule has 0 aliphatic rings. The van der Waals surface area contributed by atoms with Crippen molar-refractivity contribution in [2.24, 2.45) is 0 Å². The molecule has 0 aliphatic heterocycles. The lowest BCUT2D eigenvalue weighted by atomic mass is 10.0. The molecule has 0 aliphatic carbocycles. The summed E-state index contributed by atoms with van der Waals surface area (Å²) in [6.07, 6.45) is 3.19. The van der Waals surface area contributed by atoms with E-state index in [0.29, 0.717) is 33.9 Å². The van der Waals surface area contributed by atoms with Crippen LogP contribution in [0, 0.1) is 12.7 Å². The smallest absolute Gasteiger partial charge is 0.338 e. The van der Waals surface area contributed by atoms with Gasteiger partial charge in [0, 0.05) is 18.7 Å². The molecule has 0 bridgehead atoms. The van der Waals surface area contributed by atoms with Crippen LogP contribution in [0.15, 0.2) is 41.1 Å². The zero-order valence-electron chi connectivity index (χ0n) is 13.5. The van der Waals surface area contributed by atoms with Crippen molar-refractivity contribution in [3.05, 3.63) is 59.8 Å². The third-order valence-corrected chi connectivity index (χ3v) is 3.88. The molecule has 0 radical (unpaired) electrons. The van der Waals surface area contributed by atoms with Gasteiger partial charge in [-0.2, -0.15) is 5.10 Å². The molecule has 0 spiro atoms. The summed E-state index contributed by atoms with van der Waals surface area (Å²) in [4.78, 5) is 15.5. The Kier molecular flexibility index (Phi) is 3.68. The molecule has 8 nitrogen and oxygen atoms in total. The van der Waals surface area contributed by atoms with E-state index in [1.54, 1.807) is 30.1 Å². The summed E-state index contributed by atoms with van der Waals surface area (Å²) < 4.78 is 20.6. The fourth-order valence-corrected chi connectivity index (χ4v) is 2.64. The number of nitrogens with zero attached hydrogens (tertiary/aromatic N) is 5. The third-order valence-electron chi connectivity index (χ3n) is 3.88. The van der Waals surface area contributed by atoms with Crippen LogP contribution in [-0.2, 0) is 6.54 Å². The Morgan fingerprint density at radius 2 is 2.08 bits per heavy atom. The van der Waals surface area contributed by atoms with Gasteiger partial charge in [-0.1, -0.05) is 6.07 Å². The van der Waals surface area contributed by atoms with E-state index in [4.69, 9.17) is 9.52 Å². The van der Waals surface area contributed by atoms with Gasteiger partial charge in [-0.3, -0.25) is 9.67 Å². The molecular weight excluding hydrogens is 341 g/mol. The molecule has 130 valence electrons. The first-order valence-corrected chi connectivity index (χ1v) is 7.65. The second kappa shape index (κ2) is 6.03. The highest BCUT2D eigenvalue weighted by Gasteiger charge is 2.14. The van der Waals surface area contributed by atoms with Gasteiger partial charge in [0.2, 0.25) is 11.8 Å². The number of carboxylic acids is 1. The molecular formula is C17H12FN5O3. The van der Waals surface area contributed by atoms with Gasteiger partial charge in [0.15, 0.2) is 0 Å². The maximum atomic E-state index is 13.6. The number of rotatable bonds is 4. The third kappa shape index (κ3) is 2.79. The normalized spacial score (nSPS) is 11.2. The van der Waals surface area contributed by atoms with Crippen LogP contribution in [0.3, 0.4) is 0 Å². The number of halogens is 1. The van der Waals surface area contributed by atoms with Crippen LogP contribution >= 0.6 is 0 Å². The number of aryl methyl sites for hydroxylation is 1. The Hall–Kier alpha value is -3.62. The molecule has 3 aromatic heterocycles. The van der Waals surface area contributed by atoms with E-state index in [1.165, 1.54) is 12.1 Å². The van der Waals surface area contributed by atoms with Gasteiger partial charge in [0.1, 0.15) is 17.9 Å². The second-order valence-corrected chi connectivity index (χ2v) is 5.65. The lowest BCUT2D eigenvalue weighted by Gasteiger charge is -2.05. The van der Waals surface area contributed by atoms with Crippen molar-refractivity contribution in [2.45, 2.75) is 13.5 Å². The number of hydrogen-bond acceptors (Lipinski definition) is 6. The van der Waals surface area contributed by atoms with E-state index >= 15 is 0 Å². The predicted molar refractivity (Wildman–Crippen MR) is 88.0 cm³/mol. The van der Waals surface area contributed by atoms with Crippen LogP contribution in [0.4, 0.5) is 4.39 Å². The van der Waals surface area contributed by atoms with Gasteiger partial charge in [-0.25, -0.2) is 9.18 Å². The van der Waals surface area contributed by atoms with Gasteiger partial charge >= 0.3 is 5.97 Å². The number of benzene rings is 1. The van der Waals surface area contributed by atoms with Gasteiger partial charge in [0.25, 0.3) is 0 Å². The summed E-state index contributed by atoms with van der Waals surface area (Å²) in [7, 11) is 0. The first-order valence-electron chi connectivity index (χ1n) is 7.65. The van der Waals surface area contributed by atoms with Crippen molar-refractivity contribution in [1.29, 1.82) is 0 Å². The molecule has 0 amide bonds. The van der Waals surface area contributed by atoms with Gasteiger partial charge in [0.05, 0.1) is 17.3 Å². The van der Waals surface area contributed by atoms with E-state index in [1.807, 2.05) is 0 Å². The number of fused-ring (bicyclic) bond motifs is 1. The summed E-state index contributed by atoms with van der Waals surface area (Å²) in [5.74, 6) is -1.24. The Balaban J connectivity index is 1.76. The molecule has 4 rings (SSSR count). The number of hydrogen-bond donors (Lipinski definition) is 1. The van der Waals surface area contributed by atoms with Gasteiger partial charge in [-0.05, 0) is 23.8 Å². The van der Waals surface area contributed by atoms with Crippen molar-refractivity contribution in [3.8, 4) is 11.1 Å². The van der Waals surface area contributed by atoms with Gasteiger partial charge < -0.3 is 9.52 Å². The molecule has 1 aromatic carbocycles. The van der Waals surface area contributed by atoms with E-state index in [0.717, 1.165) is 6.07 Å². The maximum Gasteiger partial charge on any atom is 0.338 e. The SMILES string of the molecule is Cc1nnc(Cn2ncc3ncc(-c4ccc(F)c(C(=O)O)c4)cc32)o1. The average molecular weight is 353 g/mol. The van der Waals surface area contributed by atoms with Crippen molar-refractivity contribution in [2.75, 3.05) is 0 Å². The molecule has 9 heteroatoms. The first kappa shape index (κ1) is 15.9. The van der Waals surface area contributed by atoms with Crippen molar-refractivity contribution in [3.63, 3.8) is 0 Å². The predicted octanol–water partition coefficient (Wildman–Crippen LogP) is 2.68. The molecule has 0 atom stereocenters. The molecule has 0 fully saturated rings. The average Bonchev–Trinajstić information content (AvgIpc) is 3.21. The summed E-state index contributed by atoms with van der Waals surface area (Å²) in [5, 5.41) is 21.1. The fourth-order valence-electron chi connectivity index (χ4n) is 2.64. The highest BCUT2D eigenvalue weighted by Crippen LogP contribution is 2.25. The lowest BCUT2D eigenvalue weighted by molar-refractivity contribution is 0.0692. The minimum atomic E-state index is -1.32. The van der Waals surface area contributed by atoms with Crippen molar-refractivity contribution < 1.29 is 18.7 Å². The summed E-state index contributed by atoms with van der Waals surface area (Å²) in [6, 6.07) is 5.72. The van der Waals surface area contributed by atoms with Crippen LogP contribution in [0.2, 0.25) is 0 Å². The van der Waals surface area contributed by atoms with Crippen LogP contribution in [-0.4, -0.2) is 36.0 Å². The highest BCUT2D eigenvalue weighted by atomic mass is 19.1. The lowest BCUT2D eigenvalue weighted by Crippen LogP contribution is -2.02. The highest BCUT2D eigenvalue weighted by molar-refractivity contribution is 5.90. The Labute approximate surface area is 145 Å². The minimum Gasteiger partial charge on any atom is -0.478 e. The number of aromatic nitrogens is 5. The molecule has 4 aromatic rings. The quantitative estimate of drug-likeness (QED) is 0.601. The zero-order chi connectivity index (χ0) is 18.3. The zero-order valence-corrected chi connectivity index (χ0v) is 13.5. The topological polar surface area (TPSA) is 107 Å². The van der Waals surface area contributed by atoms with E-state index in [-0.39, 0.29) is 6.54 Å². The Morgan fingerprint density at radius 3 is 2.81 bits per heavy atom.